The minimum atomic E-state index is -5.08. The van der Waals surface area contributed by atoms with Crippen LogP contribution in [-0.2, 0) is 17.9 Å². The summed E-state index contributed by atoms with van der Waals surface area (Å²) in [5.41, 5.74) is 1.02. The average molecular weight is 582 g/mol. The fourth-order valence-electron chi connectivity index (χ4n) is 3.77. The zero-order valence-corrected chi connectivity index (χ0v) is 21.6. The number of benzene rings is 2. The van der Waals surface area contributed by atoms with E-state index in [-0.39, 0.29) is 30.7 Å². The fraction of sp³-hybridized carbons (Fsp3) is 0.462. The zero-order chi connectivity index (χ0) is 29.9. The van der Waals surface area contributed by atoms with Gasteiger partial charge in [0.25, 0.3) is 0 Å². The summed E-state index contributed by atoms with van der Waals surface area (Å²) in [5, 5.41) is 9.98. The summed E-state index contributed by atoms with van der Waals surface area (Å²) in [5.74, 6) is -3.77. The molecule has 0 radical (unpaired) electrons. The van der Waals surface area contributed by atoms with Crippen molar-refractivity contribution in [1.82, 2.24) is 15.1 Å². The summed E-state index contributed by atoms with van der Waals surface area (Å²) in [7, 11) is 2.01. The smallest absolute Gasteiger partial charge is 0.485 e. The second kappa shape index (κ2) is 15.3. The van der Waals surface area contributed by atoms with Crippen LogP contribution in [-0.4, -0.2) is 78.7 Å². The molecule has 2 aromatic rings. The zero-order valence-electron chi connectivity index (χ0n) is 21.6. The highest BCUT2D eigenvalue weighted by molar-refractivity contribution is 5.74. The first-order valence-electron chi connectivity index (χ1n) is 12.2. The number of hydrogen-bond donors (Lipinski definition) is 2. The Balaban J connectivity index is 0.000000708. The van der Waals surface area contributed by atoms with E-state index in [0.29, 0.717) is 5.75 Å². The molecular weight excluding hydrogens is 551 g/mol. The molecule has 2 aromatic carbocycles. The maximum Gasteiger partial charge on any atom is 0.490 e. The third kappa shape index (κ3) is 10.5. The van der Waals surface area contributed by atoms with Crippen LogP contribution in [0.3, 0.4) is 0 Å². The summed E-state index contributed by atoms with van der Waals surface area (Å²) in [6.45, 7) is 0.0450. The van der Waals surface area contributed by atoms with Gasteiger partial charge >= 0.3 is 18.2 Å². The Morgan fingerprint density at radius 3 is 2.15 bits per heavy atom. The van der Waals surface area contributed by atoms with Gasteiger partial charge in [0.05, 0.1) is 6.54 Å². The second-order valence-corrected chi connectivity index (χ2v) is 9.05. The van der Waals surface area contributed by atoms with Crippen LogP contribution in [0.1, 0.15) is 24.0 Å². The number of hydrogen-bond acceptors (Lipinski definition) is 4. The number of carboxylic acid groups (broad SMARTS) is 1. The van der Waals surface area contributed by atoms with Crippen molar-refractivity contribution in [3.05, 3.63) is 65.2 Å². The van der Waals surface area contributed by atoms with Crippen molar-refractivity contribution in [2.75, 3.05) is 33.5 Å². The quantitative estimate of drug-likeness (QED) is 0.404. The minimum absolute atomic E-state index is 0.0347. The van der Waals surface area contributed by atoms with Gasteiger partial charge in [-0.15, -0.1) is 0 Å². The highest BCUT2D eigenvalue weighted by Gasteiger charge is 2.38. The molecule has 2 amide bonds. The molecule has 0 aliphatic carbocycles. The average Bonchev–Trinajstić information content (AvgIpc) is 2.91. The van der Waals surface area contributed by atoms with Gasteiger partial charge in [0.2, 0.25) is 0 Å². The van der Waals surface area contributed by atoms with Crippen LogP contribution in [0.15, 0.2) is 42.5 Å². The molecule has 0 atom stereocenters. The van der Waals surface area contributed by atoms with Crippen LogP contribution in [0.2, 0.25) is 0 Å². The molecule has 0 saturated carbocycles. The summed E-state index contributed by atoms with van der Waals surface area (Å²) in [6, 6.07) is 9.52. The molecule has 7 nitrogen and oxygen atoms in total. The van der Waals surface area contributed by atoms with Crippen LogP contribution < -0.4 is 10.1 Å². The molecule has 1 fully saturated rings. The number of alkyl halides is 5. The van der Waals surface area contributed by atoms with Gasteiger partial charge in [-0.1, -0.05) is 18.2 Å². The van der Waals surface area contributed by atoms with Crippen LogP contribution >= 0.6 is 0 Å². The van der Waals surface area contributed by atoms with Crippen LogP contribution in [0.25, 0.3) is 0 Å². The number of urea groups is 1. The second-order valence-electron chi connectivity index (χ2n) is 9.05. The Morgan fingerprint density at radius 1 is 1.07 bits per heavy atom. The molecule has 0 spiro atoms. The molecule has 0 aromatic heterocycles. The topological polar surface area (TPSA) is 82.1 Å². The molecule has 0 bridgehead atoms. The number of rotatable bonds is 9. The van der Waals surface area contributed by atoms with E-state index in [4.69, 9.17) is 14.6 Å². The first kappa shape index (κ1) is 32.7. The Hall–Kier alpha value is -3.55. The summed E-state index contributed by atoms with van der Waals surface area (Å²) in [4.78, 5) is 25.7. The normalized spacial score (nSPS) is 14.3. The molecule has 1 aliphatic heterocycles. The van der Waals surface area contributed by atoms with Crippen LogP contribution in [0.4, 0.5) is 35.5 Å². The van der Waals surface area contributed by atoms with Crippen molar-refractivity contribution in [1.29, 1.82) is 0 Å². The summed E-state index contributed by atoms with van der Waals surface area (Å²) < 4.78 is 89.7. The van der Waals surface area contributed by atoms with E-state index in [1.807, 2.05) is 7.05 Å². The molecular formula is C26H30F7N3O4. The van der Waals surface area contributed by atoms with E-state index in [1.165, 1.54) is 12.1 Å². The van der Waals surface area contributed by atoms with E-state index in [9.17, 15) is 35.5 Å². The van der Waals surface area contributed by atoms with Crippen LogP contribution in [0.5, 0.6) is 5.75 Å². The number of amides is 2. The number of piperidine rings is 1. The summed E-state index contributed by atoms with van der Waals surface area (Å²) >= 11 is 0. The maximum absolute atomic E-state index is 14.3. The molecule has 40 heavy (non-hydrogen) atoms. The number of likely N-dealkylation sites (tertiary alicyclic amines) is 1. The molecule has 2 N–H and O–H groups in total. The fourth-order valence-corrected chi connectivity index (χ4v) is 3.77. The predicted molar refractivity (Wildman–Crippen MR) is 131 cm³/mol. The van der Waals surface area contributed by atoms with E-state index in [1.54, 1.807) is 29.2 Å². The third-order valence-electron chi connectivity index (χ3n) is 6.00. The van der Waals surface area contributed by atoms with Gasteiger partial charge in [-0.25, -0.2) is 27.2 Å². The molecule has 222 valence electrons. The van der Waals surface area contributed by atoms with Gasteiger partial charge in [0.1, 0.15) is 30.7 Å². The number of nitrogens with zero attached hydrogens (tertiary/aromatic N) is 2. The molecule has 1 saturated heterocycles. The largest absolute Gasteiger partial charge is 0.490 e. The standard InChI is InChI=1S/C24H29F4N3O2.C2HF3O2/c1-30-10-8-20(9-11-30)31(16-18-4-5-19(27)12-23(18)28)24(32)29-15-17-2-6-21(7-3-17)33-22(13-25)14-26;3-2(4,5)1(6)7/h2-7,12,20,22H,8-11,13-16H2,1H3,(H,29,32);(H,6,7). The Labute approximate surface area is 226 Å². The molecule has 1 aliphatic rings. The Bertz CT molecular complexity index is 1090. The van der Waals surface area contributed by atoms with E-state index in [2.05, 4.69) is 10.2 Å². The number of carboxylic acids is 1. The number of ether oxygens (including phenoxy) is 1. The molecule has 1 heterocycles. The van der Waals surface area contributed by atoms with Gasteiger partial charge in [0, 0.05) is 24.2 Å². The van der Waals surface area contributed by atoms with Gasteiger partial charge in [-0.05, 0) is 56.7 Å². The predicted octanol–water partition coefficient (Wildman–Crippen LogP) is 5.09. The van der Waals surface area contributed by atoms with E-state index >= 15 is 0 Å². The lowest BCUT2D eigenvalue weighted by molar-refractivity contribution is -0.192. The third-order valence-corrected chi connectivity index (χ3v) is 6.00. The van der Waals surface area contributed by atoms with Crippen molar-refractivity contribution in [2.45, 2.75) is 44.3 Å². The number of carbonyl (C=O) groups excluding carboxylic acids is 1. The number of carbonyl (C=O) groups is 2. The number of aliphatic carboxylic acids is 1. The van der Waals surface area contributed by atoms with Gasteiger partial charge in [-0.3, -0.25) is 0 Å². The van der Waals surface area contributed by atoms with E-state index in [0.717, 1.165) is 37.6 Å². The lowest BCUT2D eigenvalue weighted by Crippen LogP contribution is -2.49. The van der Waals surface area contributed by atoms with Crippen molar-refractivity contribution < 1.29 is 50.2 Å². The number of nitrogens with one attached hydrogen (secondary N) is 1. The van der Waals surface area contributed by atoms with Crippen molar-refractivity contribution in [2.24, 2.45) is 0 Å². The SMILES string of the molecule is CN1CCC(N(Cc2ccc(F)cc2F)C(=O)NCc2ccc(OC(CF)CF)cc2)CC1.O=C(O)C(F)(F)F. The molecule has 0 unspecified atom stereocenters. The van der Waals surface area contributed by atoms with Crippen molar-refractivity contribution >= 4 is 12.0 Å². The lowest BCUT2D eigenvalue weighted by atomic mass is 10.0. The highest BCUT2D eigenvalue weighted by atomic mass is 19.4. The first-order chi connectivity index (χ1) is 18.8. The minimum Gasteiger partial charge on any atom is -0.485 e. The maximum atomic E-state index is 14.3. The highest BCUT2D eigenvalue weighted by Crippen LogP contribution is 2.21. The monoisotopic (exact) mass is 581 g/mol. The van der Waals surface area contributed by atoms with Gasteiger partial charge in [0.15, 0.2) is 6.10 Å². The summed E-state index contributed by atoms with van der Waals surface area (Å²) in [6.07, 6.45) is -4.71. The van der Waals surface area contributed by atoms with Crippen molar-refractivity contribution in [3.8, 4) is 5.75 Å². The molecule has 3 rings (SSSR count). The Kier molecular flexibility index (Phi) is 12.5. The lowest BCUT2D eigenvalue weighted by Gasteiger charge is -2.37. The van der Waals surface area contributed by atoms with Crippen LogP contribution in [0, 0.1) is 11.6 Å². The Morgan fingerprint density at radius 2 is 1.65 bits per heavy atom. The number of halogens is 7. The molecule has 14 heteroatoms. The first-order valence-corrected chi connectivity index (χ1v) is 12.2. The van der Waals surface area contributed by atoms with Gasteiger partial charge in [-0.2, -0.15) is 13.2 Å². The van der Waals surface area contributed by atoms with Crippen molar-refractivity contribution in [3.63, 3.8) is 0 Å². The van der Waals surface area contributed by atoms with E-state index < -0.39 is 43.2 Å². The van der Waals surface area contributed by atoms with Gasteiger partial charge < -0.3 is 25.0 Å².